The zero-order valence-electron chi connectivity index (χ0n) is 16.4. The van der Waals surface area contributed by atoms with Crippen molar-refractivity contribution in [2.24, 2.45) is 0 Å². The second kappa shape index (κ2) is 8.25. The Morgan fingerprint density at radius 1 is 1.17 bits per heavy atom. The lowest BCUT2D eigenvalue weighted by Gasteiger charge is -2.35. The van der Waals surface area contributed by atoms with Gasteiger partial charge in [-0.15, -0.1) is 0 Å². The van der Waals surface area contributed by atoms with Gasteiger partial charge in [-0.1, -0.05) is 0 Å². The first kappa shape index (κ1) is 20.0. The molecule has 4 rings (SSSR count). The van der Waals surface area contributed by atoms with Gasteiger partial charge in [-0.3, -0.25) is 4.79 Å². The summed E-state index contributed by atoms with van der Waals surface area (Å²) in [6.07, 6.45) is 2.43. The van der Waals surface area contributed by atoms with E-state index >= 15 is 0 Å². The quantitative estimate of drug-likeness (QED) is 0.801. The molecule has 29 heavy (non-hydrogen) atoms. The number of benzene rings is 1. The first-order valence-corrected chi connectivity index (χ1v) is 10.3. The number of carbonyl (C=O) groups excluding carboxylic acids is 1. The number of nitrogens with zero attached hydrogens (tertiary/aromatic N) is 3. The Balaban J connectivity index is 1.22. The molecular formula is C21H27F2N5O. The molecule has 2 atom stereocenters. The van der Waals surface area contributed by atoms with E-state index < -0.39 is 12.5 Å². The number of carbonyl (C=O) groups is 1. The molecule has 3 fully saturated rings. The Morgan fingerprint density at radius 3 is 2.52 bits per heavy atom. The molecule has 0 saturated carbocycles. The summed E-state index contributed by atoms with van der Waals surface area (Å²) >= 11 is 0. The molecular weight excluding hydrogens is 376 g/mol. The van der Waals surface area contributed by atoms with Gasteiger partial charge in [0.25, 0.3) is 5.92 Å². The highest BCUT2D eigenvalue weighted by Crippen LogP contribution is 2.28. The lowest BCUT2D eigenvalue weighted by molar-refractivity contribution is -0.133. The summed E-state index contributed by atoms with van der Waals surface area (Å²) in [7, 11) is 0. The van der Waals surface area contributed by atoms with Crippen LogP contribution < -0.4 is 15.5 Å². The highest BCUT2D eigenvalue weighted by molar-refractivity contribution is 5.82. The van der Waals surface area contributed by atoms with E-state index in [9.17, 15) is 13.6 Å². The van der Waals surface area contributed by atoms with Gasteiger partial charge in [0.15, 0.2) is 0 Å². The molecule has 0 bridgehead atoms. The number of alkyl halides is 2. The maximum atomic E-state index is 13.4. The van der Waals surface area contributed by atoms with Crippen molar-refractivity contribution < 1.29 is 13.6 Å². The highest BCUT2D eigenvalue weighted by atomic mass is 19.3. The molecule has 3 saturated heterocycles. The van der Waals surface area contributed by atoms with E-state index in [0.29, 0.717) is 24.6 Å². The molecule has 1 aromatic carbocycles. The summed E-state index contributed by atoms with van der Waals surface area (Å²) in [5, 5.41) is 15.8. The minimum absolute atomic E-state index is 0.149. The molecule has 3 aliphatic rings. The van der Waals surface area contributed by atoms with Crippen molar-refractivity contribution in [3.8, 4) is 6.07 Å². The molecule has 0 spiro atoms. The topological polar surface area (TPSA) is 71.4 Å². The van der Waals surface area contributed by atoms with Gasteiger partial charge in [-0.25, -0.2) is 8.78 Å². The predicted molar refractivity (Wildman–Crippen MR) is 106 cm³/mol. The van der Waals surface area contributed by atoms with Crippen LogP contribution >= 0.6 is 0 Å². The number of hydrogen-bond acceptors (Lipinski definition) is 5. The standard InChI is InChI=1S/C21H27F2N5O/c22-21(23)7-10-28(14-21)20(29)19-11-17(13-25-19)26-16-5-8-27(9-6-16)18-3-1-15(12-24)2-4-18/h1-4,16-17,19,25-26H,5-11,13-14H2/t17-,19-/m0/s1. The van der Waals surface area contributed by atoms with Crippen molar-refractivity contribution in [1.29, 1.82) is 5.26 Å². The van der Waals surface area contributed by atoms with Crippen molar-refractivity contribution in [1.82, 2.24) is 15.5 Å². The molecule has 156 valence electrons. The smallest absolute Gasteiger partial charge is 0.267 e. The van der Waals surface area contributed by atoms with Gasteiger partial charge in [0.1, 0.15) is 0 Å². The minimum atomic E-state index is -2.74. The molecule has 0 unspecified atom stereocenters. The lowest BCUT2D eigenvalue weighted by atomic mass is 10.0. The van der Waals surface area contributed by atoms with Gasteiger partial charge in [0, 0.05) is 50.4 Å². The van der Waals surface area contributed by atoms with E-state index in [-0.39, 0.29) is 31.0 Å². The monoisotopic (exact) mass is 403 g/mol. The SMILES string of the molecule is N#Cc1ccc(N2CCC(N[C@@H]3CN[C@H](C(=O)N4CCC(F)(F)C4)C3)CC2)cc1. The first-order valence-electron chi connectivity index (χ1n) is 10.3. The zero-order chi connectivity index (χ0) is 20.4. The van der Waals surface area contributed by atoms with Gasteiger partial charge in [0.2, 0.25) is 5.91 Å². The third kappa shape index (κ3) is 4.68. The van der Waals surface area contributed by atoms with Crippen molar-refractivity contribution in [2.75, 3.05) is 37.6 Å². The molecule has 2 N–H and O–H groups in total. The normalized spacial score (nSPS) is 27.2. The molecule has 3 aliphatic heterocycles. The number of halogens is 2. The maximum Gasteiger partial charge on any atom is 0.267 e. The Kier molecular flexibility index (Phi) is 5.70. The summed E-state index contributed by atoms with van der Waals surface area (Å²) in [4.78, 5) is 16.1. The Morgan fingerprint density at radius 2 is 1.90 bits per heavy atom. The van der Waals surface area contributed by atoms with Crippen LogP contribution in [0.4, 0.5) is 14.5 Å². The van der Waals surface area contributed by atoms with Crippen molar-refractivity contribution in [2.45, 2.75) is 49.7 Å². The molecule has 6 nitrogen and oxygen atoms in total. The summed E-state index contributed by atoms with van der Waals surface area (Å²) < 4.78 is 26.7. The predicted octanol–water partition coefficient (Wildman–Crippen LogP) is 1.71. The fourth-order valence-corrected chi connectivity index (χ4v) is 4.58. The molecule has 8 heteroatoms. The van der Waals surface area contributed by atoms with Crippen LogP contribution in [0.3, 0.4) is 0 Å². The van der Waals surface area contributed by atoms with Crippen LogP contribution in [0.5, 0.6) is 0 Å². The van der Waals surface area contributed by atoms with Crippen LogP contribution in [0, 0.1) is 11.3 Å². The second-order valence-corrected chi connectivity index (χ2v) is 8.35. The Labute approximate surface area is 169 Å². The third-order valence-electron chi connectivity index (χ3n) is 6.24. The Bertz CT molecular complexity index is 770. The third-order valence-corrected chi connectivity index (χ3v) is 6.24. The average Bonchev–Trinajstić information content (AvgIpc) is 3.34. The van der Waals surface area contributed by atoms with Gasteiger partial charge >= 0.3 is 0 Å². The number of anilines is 1. The van der Waals surface area contributed by atoms with Crippen molar-refractivity contribution in [3.63, 3.8) is 0 Å². The molecule has 1 aromatic rings. The number of likely N-dealkylation sites (tertiary alicyclic amines) is 1. The largest absolute Gasteiger partial charge is 0.371 e. The highest BCUT2D eigenvalue weighted by Gasteiger charge is 2.43. The van der Waals surface area contributed by atoms with Gasteiger partial charge < -0.3 is 20.4 Å². The number of hydrogen-bond donors (Lipinski definition) is 2. The summed E-state index contributed by atoms with van der Waals surface area (Å²) in [6, 6.07) is 10.0. The molecule has 0 aromatic heterocycles. The molecule has 0 aliphatic carbocycles. The van der Waals surface area contributed by atoms with Crippen LogP contribution in [0.2, 0.25) is 0 Å². The summed E-state index contributed by atoms with van der Waals surface area (Å²) in [6.45, 7) is 2.27. The maximum absolute atomic E-state index is 13.4. The molecule has 1 amide bonds. The van der Waals surface area contributed by atoms with E-state index in [4.69, 9.17) is 5.26 Å². The van der Waals surface area contributed by atoms with E-state index in [1.807, 2.05) is 24.3 Å². The van der Waals surface area contributed by atoms with Crippen molar-refractivity contribution >= 4 is 11.6 Å². The van der Waals surface area contributed by atoms with Crippen LogP contribution in [-0.2, 0) is 4.79 Å². The van der Waals surface area contributed by atoms with Crippen LogP contribution in [-0.4, -0.2) is 67.6 Å². The number of piperidine rings is 1. The number of nitrogens with one attached hydrogen (secondary N) is 2. The second-order valence-electron chi connectivity index (χ2n) is 8.35. The summed E-state index contributed by atoms with van der Waals surface area (Å²) in [5.41, 5.74) is 1.80. The fourth-order valence-electron chi connectivity index (χ4n) is 4.58. The van der Waals surface area contributed by atoms with Crippen LogP contribution in [0.25, 0.3) is 0 Å². The van der Waals surface area contributed by atoms with Gasteiger partial charge in [0.05, 0.1) is 24.2 Å². The van der Waals surface area contributed by atoms with Crippen molar-refractivity contribution in [3.05, 3.63) is 29.8 Å². The van der Waals surface area contributed by atoms with Gasteiger partial charge in [-0.2, -0.15) is 5.26 Å². The van der Waals surface area contributed by atoms with E-state index in [2.05, 4.69) is 21.6 Å². The number of amides is 1. The van der Waals surface area contributed by atoms with Gasteiger partial charge in [-0.05, 0) is 43.5 Å². The zero-order valence-corrected chi connectivity index (χ0v) is 16.4. The number of nitriles is 1. The van der Waals surface area contributed by atoms with E-state index in [1.165, 1.54) is 4.90 Å². The lowest BCUT2D eigenvalue weighted by Crippen LogP contribution is -2.47. The van der Waals surface area contributed by atoms with E-state index in [1.54, 1.807) is 0 Å². The van der Waals surface area contributed by atoms with E-state index in [0.717, 1.165) is 31.6 Å². The molecule has 0 radical (unpaired) electrons. The number of rotatable bonds is 4. The van der Waals surface area contributed by atoms with Crippen LogP contribution in [0.1, 0.15) is 31.2 Å². The fraction of sp³-hybridized carbons (Fsp3) is 0.619. The van der Waals surface area contributed by atoms with Crippen LogP contribution in [0.15, 0.2) is 24.3 Å². The Hall–Kier alpha value is -2.24. The first-order chi connectivity index (χ1) is 13.9. The summed E-state index contributed by atoms with van der Waals surface area (Å²) in [5.74, 6) is -2.93. The molecule has 3 heterocycles. The average molecular weight is 403 g/mol. The minimum Gasteiger partial charge on any atom is -0.371 e.